The van der Waals surface area contributed by atoms with E-state index in [4.69, 9.17) is 44.4 Å². The van der Waals surface area contributed by atoms with Gasteiger partial charge in [0.2, 0.25) is 0 Å². The summed E-state index contributed by atoms with van der Waals surface area (Å²) in [6, 6.07) is 56.3. The van der Waals surface area contributed by atoms with Gasteiger partial charge in [-0.2, -0.15) is 9.98 Å². The molecule has 18 rings (SSSR count). The Morgan fingerprint density at radius 3 is 0.611 bits per heavy atom. The Bertz CT molecular complexity index is 6490. The van der Waals surface area contributed by atoms with Crippen LogP contribution < -0.4 is 0 Å². The van der Waals surface area contributed by atoms with Gasteiger partial charge in [0.05, 0.1) is 67.2 Å². The summed E-state index contributed by atoms with van der Waals surface area (Å²) in [5.41, 5.74) is 25.2. The number of nitrogens with one attached hydrogen (secondary N) is 4. The number of aliphatic imine (C=N–C) groups is 2. The second-order valence-electron chi connectivity index (χ2n) is 25.4. The van der Waals surface area contributed by atoms with Crippen molar-refractivity contribution in [1.82, 2.24) is 54.8 Å². The zero-order valence-corrected chi connectivity index (χ0v) is 58.1. The molecule has 0 saturated carbocycles. The SMILES string of the molecule is Oc1cc(O)cc(-c2c3nc(c(-c4cc(O)cc(O)c4)c4ccc([nH]4)c(-c4cc(O)cc(O)c4)c4nc(c(-c5ccc(N=C=S)cc5)c5ccc2[nH]5)C=C4)C=C3)c1.S=C=Nc1ccc(-c2c3nc(c(-c4ccncc4)c4ccc([nH]4)c(-c4ccncc4)c4nc(c(-c5ccncc5)c5ccc2[nH]5)C=C4)C=C3)cc1. The Balaban J connectivity index is 0.000000159. The third-order valence-electron chi connectivity index (χ3n) is 18.6. The number of thiocarbonyl (C=S) groups is 2. The Morgan fingerprint density at radius 2 is 0.417 bits per heavy atom. The average molecular weight is 1440 g/mol. The standard InChI is InChI=1S/C45H29N5O6S.C42H26N8S/c51-28-13-24(14-29(52)19-28)43-36-7-5-34(47-36)42(23-1-3-27(4-2-23)46-22-57)35-6-8-37(48-35)44(25-15-30(53)20-31(54)16-25)39-10-12-41(50-39)45(40-11-9-38(43)49-40)26-17-32(55)21-33(56)18-26;51-25-46-30-3-1-26(2-4-30)39-31-5-7-33(47-31)40(27-13-19-43-20-14-27)35-9-11-37(49-35)42(29-17-23-45-24-18-29)38-12-10-36(50-38)41(28-15-21-44-22-16-28)34-8-6-32(39)48-34/h1-21,47,50-56H;1-24,47,50H. The van der Waals surface area contributed by atoms with Crippen LogP contribution >= 0.6 is 24.4 Å². The van der Waals surface area contributed by atoms with Gasteiger partial charge < -0.3 is 50.6 Å². The predicted octanol–water partition coefficient (Wildman–Crippen LogP) is 20.5. The van der Waals surface area contributed by atoms with Crippen molar-refractivity contribution in [3.63, 3.8) is 0 Å². The van der Waals surface area contributed by atoms with E-state index in [9.17, 15) is 30.6 Å². The van der Waals surface area contributed by atoms with E-state index in [1.165, 1.54) is 30.3 Å². The number of phenolic OH excluding ortho intramolecular Hbond substituents is 6. The van der Waals surface area contributed by atoms with Crippen molar-refractivity contribution in [3.8, 4) is 124 Å². The van der Waals surface area contributed by atoms with Gasteiger partial charge in [0.15, 0.2) is 0 Å². The summed E-state index contributed by atoms with van der Waals surface area (Å²) < 4.78 is 0. The van der Waals surface area contributed by atoms with E-state index in [-0.39, 0.29) is 34.5 Å². The molecular formula is C87H55N13O6S2. The van der Waals surface area contributed by atoms with Crippen LogP contribution in [0.1, 0.15) is 45.6 Å². The van der Waals surface area contributed by atoms with E-state index in [2.05, 4.69) is 104 Å². The maximum Gasteiger partial charge on any atom is 0.119 e. The molecule has 0 radical (unpaired) electrons. The number of nitrogens with zero attached hydrogens (tertiary/aromatic N) is 9. The van der Waals surface area contributed by atoms with Crippen molar-refractivity contribution in [2.24, 2.45) is 9.98 Å². The second-order valence-corrected chi connectivity index (χ2v) is 25.8. The van der Waals surface area contributed by atoms with E-state index in [0.29, 0.717) is 83.9 Å². The van der Waals surface area contributed by atoms with Gasteiger partial charge in [0.25, 0.3) is 0 Å². The monoisotopic (exact) mass is 1440 g/mol. The van der Waals surface area contributed by atoms with Crippen molar-refractivity contribution in [2.45, 2.75) is 0 Å². The highest BCUT2D eigenvalue weighted by molar-refractivity contribution is 7.78. The van der Waals surface area contributed by atoms with Gasteiger partial charge in [0.1, 0.15) is 34.5 Å². The van der Waals surface area contributed by atoms with E-state index < -0.39 is 0 Å². The molecule has 16 bridgehead atoms. The second kappa shape index (κ2) is 28.1. The van der Waals surface area contributed by atoms with Crippen LogP contribution in [0.3, 0.4) is 0 Å². The molecule has 5 aromatic carbocycles. The number of aromatic amines is 4. The third kappa shape index (κ3) is 13.0. The van der Waals surface area contributed by atoms with Crippen molar-refractivity contribution >= 4 is 139 Å². The molecule has 4 aliphatic rings. The molecule has 0 unspecified atom stereocenters. The Labute approximate surface area is 624 Å². The number of hydrogen-bond acceptors (Lipinski definition) is 17. The molecule has 0 atom stereocenters. The fourth-order valence-corrected chi connectivity index (χ4v) is 14.3. The molecule has 0 amide bonds. The van der Waals surface area contributed by atoms with Crippen LogP contribution in [0.25, 0.3) is 182 Å². The summed E-state index contributed by atoms with van der Waals surface area (Å²) >= 11 is 9.68. The topological polar surface area (TPSA) is 299 Å². The number of isothiocyanates is 2. The van der Waals surface area contributed by atoms with Crippen LogP contribution in [0, 0.1) is 0 Å². The number of H-pyrrole nitrogens is 4. The minimum absolute atomic E-state index is 0.142. The molecule has 10 N–H and O–H groups in total. The van der Waals surface area contributed by atoms with Gasteiger partial charge in [0, 0.05) is 144 Å². The summed E-state index contributed by atoms with van der Waals surface area (Å²) in [6.45, 7) is 0. The number of fused-ring (bicyclic) bond motifs is 16. The molecule has 0 aliphatic carbocycles. The molecule has 0 fully saturated rings. The van der Waals surface area contributed by atoms with E-state index in [1.807, 2.05) is 127 Å². The van der Waals surface area contributed by atoms with Gasteiger partial charge in [-0.25, -0.2) is 19.9 Å². The smallest absolute Gasteiger partial charge is 0.119 e. The number of aromatic nitrogens is 11. The summed E-state index contributed by atoms with van der Waals surface area (Å²) in [5, 5.41) is 68.6. The first-order valence-electron chi connectivity index (χ1n) is 33.8. The Kier molecular flexibility index (Phi) is 17.3. The molecule has 14 aromatic rings. The van der Waals surface area contributed by atoms with Gasteiger partial charge in [-0.15, -0.1) is 0 Å². The maximum absolute atomic E-state index is 10.6. The molecule has 108 heavy (non-hydrogen) atoms. The minimum Gasteiger partial charge on any atom is -0.508 e. The van der Waals surface area contributed by atoms with Crippen LogP contribution in [0.4, 0.5) is 11.4 Å². The van der Waals surface area contributed by atoms with Gasteiger partial charge in [-0.3, -0.25) is 15.0 Å². The van der Waals surface area contributed by atoms with Gasteiger partial charge in [-0.05, 0) is 263 Å². The molecule has 13 heterocycles. The zero-order valence-electron chi connectivity index (χ0n) is 56.5. The Morgan fingerprint density at radius 1 is 0.231 bits per heavy atom. The van der Waals surface area contributed by atoms with Crippen LogP contribution in [0.2, 0.25) is 0 Å². The minimum atomic E-state index is -0.159. The highest BCUT2D eigenvalue weighted by Crippen LogP contribution is 2.44. The summed E-state index contributed by atoms with van der Waals surface area (Å²) in [6.07, 6.45) is 26.5. The van der Waals surface area contributed by atoms with Crippen LogP contribution in [0.15, 0.2) is 235 Å². The molecule has 0 spiro atoms. The summed E-state index contributed by atoms with van der Waals surface area (Å²) in [4.78, 5) is 56.6. The number of phenols is 6. The fourth-order valence-electron chi connectivity index (χ4n) is 14.1. The largest absolute Gasteiger partial charge is 0.508 e. The first-order valence-corrected chi connectivity index (χ1v) is 34.7. The molecule has 516 valence electrons. The Hall–Kier alpha value is -14.9. The van der Waals surface area contributed by atoms with Gasteiger partial charge >= 0.3 is 0 Å². The summed E-state index contributed by atoms with van der Waals surface area (Å²) in [5.74, 6) is -0.885. The first-order chi connectivity index (χ1) is 52.8. The van der Waals surface area contributed by atoms with Crippen molar-refractivity contribution in [1.29, 1.82) is 0 Å². The van der Waals surface area contributed by atoms with E-state index in [1.54, 1.807) is 67.5 Å². The molecule has 21 heteroatoms. The number of benzene rings is 5. The first kappa shape index (κ1) is 66.4. The number of pyridine rings is 3. The number of hydrogen-bond donors (Lipinski definition) is 10. The lowest BCUT2D eigenvalue weighted by molar-refractivity contribution is 0.450. The molecule has 9 aromatic heterocycles. The van der Waals surface area contributed by atoms with Crippen molar-refractivity contribution in [2.75, 3.05) is 0 Å². The molecular weight excluding hydrogens is 1390 g/mol. The zero-order chi connectivity index (χ0) is 73.5. The normalized spacial score (nSPS) is 11.8. The quantitative estimate of drug-likeness (QED) is 0.0450. The third-order valence-corrected chi connectivity index (χ3v) is 18.8. The van der Waals surface area contributed by atoms with Crippen LogP contribution in [-0.4, -0.2) is 95.8 Å². The maximum atomic E-state index is 10.6. The van der Waals surface area contributed by atoms with E-state index >= 15 is 0 Å². The van der Waals surface area contributed by atoms with E-state index in [0.717, 1.165) is 106 Å². The molecule has 4 aliphatic heterocycles. The molecule has 19 nitrogen and oxygen atoms in total. The lowest BCUT2D eigenvalue weighted by Crippen LogP contribution is -1.90. The van der Waals surface area contributed by atoms with Gasteiger partial charge in [-0.1, -0.05) is 24.3 Å². The lowest BCUT2D eigenvalue weighted by atomic mass is 10.0. The summed E-state index contributed by atoms with van der Waals surface area (Å²) in [7, 11) is 0. The highest BCUT2D eigenvalue weighted by atomic mass is 32.1. The van der Waals surface area contributed by atoms with Crippen molar-refractivity contribution < 1.29 is 30.6 Å². The average Bonchev–Trinajstić information content (AvgIpc) is 1.63. The van der Waals surface area contributed by atoms with Crippen LogP contribution in [-0.2, 0) is 0 Å². The lowest BCUT2D eigenvalue weighted by Gasteiger charge is -2.08. The fraction of sp³-hybridized carbons (Fsp3) is 0. The molecule has 0 saturated heterocycles. The van der Waals surface area contributed by atoms with Crippen molar-refractivity contribution in [3.05, 3.63) is 271 Å². The predicted molar refractivity (Wildman–Crippen MR) is 434 cm³/mol. The highest BCUT2D eigenvalue weighted by Gasteiger charge is 2.24. The number of rotatable bonds is 10. The van der Waals surface area contributed by atoms with Crippen LogP contribution in [0.5, 0.6) is 34.5 Å². The number of aromatic hydroxyl groups is 6.